The van der Waals surface area contributed by atoms with Crippen LogP contribution >= 0.6 is 0 Å². The predicted molar refractivity (Wildman–Crippen MR) is 68.8 cm³/mol. The lowest BCUT2D eigenvalue weighted by molar-refractivity contribution is 0.385. The second kappa shape index (κ2) is 7.22. The van der Waals surface area contributed by atoms with Crippen LogP contribution in [0.1, 0.15) is 51.4 Å². The van der Waals surface area contributed by atoms with Gasteiger partial charge >= 0.3 is 0 Å². The first-order valence-corrected chi connectivity index (χ1v) is 6.63. The molecule has 4 atom stereocenters. The molecule has 2 saturated carbocycles. The molecule has 4 nitrogen and oxygen atoms in total. The highest BCUT2D eigenvalue weighted by Gasteiger charge is 2.17. The molecule has 0 amide bonds. The van der Waals surface area contributed by atoms with Crippen LogP contribution in [0.25, 0.3) is 0 Å². The Morgan fingerprint density at radius 3 is 0.750 bits per heavy atom. The Kier molecular flexibility index (Phi) is 6.28. The van der Waals surface area contributed by atoms with E-state index in [-0.39, 0.29) is 24.2 Å². The van der Waals surface area contributed by atoms with Crippen LogP contribution in [0, 0.1) is 0 Å². The van der Waals surface area contributed by atoms with Crippen molar-refractivity contribution in [2.75, 3.05) is 0 Å². The highest BCUT2D eigenvalue weighted by molar-refractivity contribution is 4.80. The number of rotatable bonds is 0. The lowest BCUT2D eigenvalue weighted by Crippen LogP contribution is -2.43. The normalized spacial score (nSPS) is 39.8. The Morgan fingerprint density at radius 2 is 0.625 bits per heavy atom. The van der Waals surface area contributed by atoms with Crippen LogP contribution < -0.4 is 22.9 Å². The van der Waals surface area contributed by atoms with Gasteiger partial charge in [0.2, 0.25) is 0 Å². The lowest BCUT2D eigenvalue weighted by Gasteiger charge is -2.24. The third-order valence-electron chi connectivity index (χ3n) is 3.75. The number of hydrogen-bond acceptors (Lipinski definition) is 4. The van der Waals surface area contributed by atoms with E-state index in [2.05, 4.69) is 0 Å². The summed E-state index contributed by atoms with van der Waals surface area (Å²) in [6, 6.07) is 1.12. The second-order valence-corrected chi connectivity index (χ2v) is 5.22. The molecule has 8 N–H and O–H groups in total. The summed E-state index contributed by atoms with van der Waals surface area (Å²) in [6.45, 7) is 0. The molecule has 2 aliphatic carbocycles. The molecule has 2 rings (SSSR count). The minimum absolute atomic E-state index is 0.281. The average Bonchev–Trinajstić information content (AvgIpc) is 2.28. The van der Waals surface area contributed by atoms with Gasteiger partial charge in [-0.3, -0.25) is 0 Å². The standard InChI is InChI=1S/2C6H14N2/c2*7-5-3-1-2-4-6(5)8/h2*5-6H,1-4,7-8H2. The fraction of sp³-hybridized carbons (Fsp3) is 1.00. The van der Waals surface area contributed by atoms with Crippen molar-refractivity contribution in [1.82, 2.24) is 0 Å². The smallest absolute Gasteiger partial charge is 0.0192 e. The molecule has 0 radical (unpaired) electrons. The summed E-state index contributed by atoms with van der Waals surface area (Å²) in [5.74, 6) is 0. The summed E-state index contributed by atoms with van der Waals surface area (Å²) in [7, 11) is 0. The lowest BCUT2D eigenvalue weighted by atomic mass is 9.92. The molecule has 2 aliphatic rings. The first-order chi connectivity index (χ1) is 7.61. The SMILES string of the molecule is NC1CCCCC1N.NC1CCCCC1N. The van der Waals surface area contributed by atoms with Crippen molar-refractivity contribution >= 4 is 0 Å². The zero-order valence-electron chi connectivity index (χ0n) is 10.3. The molecule has 0 aliphatic heterocycles. The summed E-state index contributed by atoms with van der Waals surface area (Å²) < 4.78 is 0. The van der Waals surface area contributed by atoms with Crippen molar-refractivity contribution in [1.29, 1.82) is 0 Å². The Bertz CT molecular complexity index is 146. The highest BCUT2D eigenvalue weighted by atomic mass is 14.8. The average molecular weight is 228 g/mol. The van der Waals surface area contributed by atoms with Crippen LogP contribution in [-0.4, -0.2) is 24.2 Å². The zero-order valence-corrected chi connectivity index (χ0v) is 10.3. The monoisotopic (exact) mass is 228 g/mol. The van der Waals surface area contributed by atoms with E-state index < -0.39 is 0 Å². The highest BCUT2D eigenvalue weighted by Crippen LogP contribution is 2.14. The molecule has 0 bridgehead atoms. The molecule has 2 fully saturated rings. The zero-order chi connectivity index (χ0) is 12.0. The molecule has 0 heterocycles. The first kappa shape index (κ1) is 13.9. The van der Waals surface area contributed by atoms with Gasteiger partial charge in [0.1, 0.15) is 0 Å². The Balaban J connectivity index is 0.000000160. The fourth-order valence-corrected chi connectivity index (χ4v) is 2.38. The first-order valence-electron chi connectivity index (χ1n) is 6.63. The van der Waals surface area contributed by atoms with Crippen molar-refractivity contribution in [3.8, 4) is 0 Å². The number of nitrogens with two attached hydrogens (primary N) is 4. The van der Waals surface area contributed by atoms with Crippen LogP contribution in [0.3, 0.4) is 0 Å². The fourth-order valence-electron chi connectivity index (χ4n) is 2.38. The molecule has 4 heteroatoms. The Labute approximate surface area is 99.1 Å². The molecule has 4 unspecified atom stereocenters. The van der Waals surface area contributed by atoms with Gasteiger partial charge in [-0.1, -0.05) is 25.7 Å². The minimum Gasteiger partial charge on any atom is -0.326 e. The van der Waals surface area contributed by atoms with E-state index in [1.165, 1.54) is 25.7 Å². The van der Waals surface area contributed by atoms with Crippen LogP contribution in [0.4, 0.5) is 0 Å². The second-order valence-electron chi connectivity index (χ2n) is 5.22. The van der Waals surface area contributed by atoms with E-state index in [0.29, 0.717) is 0 Å². The van der Waals surface area contributed by atoms with Crippen molar-refractivity contribution in [3.05, 3.63) is 0 Å². The van der Waals surface area contributed by atoms with E-state index in [1.54, 1.807) is 0 Å². The molecular weight excluding hydrogens is 200 g/mol. The minimum atomic E-state index is 0.281. The molecule has 0 aromatic carbocycles. The van der Waals surface area contributed by atoms with Gasteiger partial charge in [0.05, 0.1) is 0 Å². The molecule has 0 aromatic heterocycles. The summed E-state index contributed by atoms with van der Waals surface area (Å²) in [5.41, 5.74) is 22.6. The third kappa shape index (κ3) is 4.78. The maximum absolute atomic E-state index is 5.65. The van der Waals surface area contributed by atoms with Crippen LogP contribution in [0.5, 0.6) is 0 Å². The Morgan fingerprint density at radius 1 is 0.438 bits per heavy atom. The molecule has 0 aromatic rings. The van der Waals surface area contributed by atoms with Gasteiger partial charge < -0.3 is 22.9 Å². The van der Waals surface area contributed by atoms with Gasteiger partial charge in [0.15, 0.2) is 0 Å². The topological polar surface area (TPSA) is 104 Å². The van der Waals surface area contributed by atoms with E-state index in [0.717, 1.165) is 25.7 Å². The van der Waals surface area contributed by atoms with E-state index in [1.807, 2.05) is 0 Å². The van der Waals surface area contributed by atoms with E-state index >= 15 is 0 Å². The molecule has 0 spiro atoms. The van der Waals surface area contributed by atoms with Gasteiger partial charge in [-0.2, -0.15) is 0 Å². The summed E-state index contributed by atoms with van der Waals surface area (Å²) in [6.07, 6.45) is 9.60. The largest absolute Gasteiger partial charge is 0.326 e. The molecular formula is C12H28N4. The van der Waals surface area contributed by atoms with Crippen LogP contribution in [-0.2, 0) is 0 Å². The quantitative estimate of drug-likeness (QED) is 0.482. The maximum Gasteiger partial charge on any atom is 0.0192 e. The van der Waals surface area contributed by atoms with Gasteiger partial charge in [-0.25, -0.2) is 0 Å². The number of hydrogen-bond donors (Lipinski definition) is 4. The summed E-state index contributed by atoms with van der Waals surface area (Å²) >= 11 is 0. The molecule has 16 heavy (non-hydrogen) atoms. The molecule has 96 valence electrons. The van der Waals surface area contributed by atoms with Gasteiger partial charge in [0, 0.05) is 24.2 Å². The van der Waals surface area contributed by atoms with Crippen LogP contribution in [0.2, 0.25) is 0 Å². The predicted octanol–water partition coefficient (Wildman–Crippen LogP) is 0.430. The van der Waals surface area contributed by atoms with Crippen LogP contribution in [0.15, 0.2) is 0 Å². The summed E-state index contributed by atoms with van der Waals surface area (Å²) in [4.78, 5) is 0. The van der Waals surface area contributed by atoms with Gasteiger partial charge in [-0.05, 0) is 25.7 Å². The summed E-state index contributed by atoms with van der Waals surface area (Å²) in [5, 5.41) is 0. The van der Waals surface area contributed by atoms with Crippen molar-refractivity contribution in [2.45, 2.75) is 75.5 Å². The van der Waals surface area contributed by atoms with Gasteiger partial charge in [0.25, 0.3) is 0 Å². The van der Waals surface area contributed by atoms with Crippen molar-refractivity contribution < 1.29 is 0 Å². The Hall–Kier alpha value is -0.160. The van der Waals surface area contributed by atoms with Gasteiger partial charge in [-0.15, -0.1) is 0 Å². The maximum atomic E-state index is 5.65. The van der Waals surface area contributed by atoms with Crippen molar-refractivity contribution in [3.63, 3.8) is 0 Å². The third-order valence-corrected chi connectivity index (χ3v) is 3.75. The van der Waals surface area contributed by atoms with E-state index in [4.69, 9.17) is 22.9 Å². The van der Waals surface area contributed by atoms with Crippen molar-refractivity contribution in [2.24, 2.45) is 22.9 Å². The molecule has 0 saturated heterocycles. The van der Waals surface area contributed by atoms with E-state index in [9.17, 15) is 0 Å².